The molecule has 0 aliphatic rings. The predicted molar refractivity (Wildman–Crippen MR) is 92.6 cm³/mol. The Morgan fingerprint density at radius 2 is 2.17 bits per heavy atom. The zero-order chi connectivity index (χ0) is 16.9. The lowest BCUT2D eigenvalue weighted by Gasteiger charge is -2.10. The highest BCUT2D eigenvalue weighted by molar-refractivity contribution is 9.10. The Morgan fingerprint density at radius 3 is 2.92 bits per heavy atom. The van der Waals surface area contributed by atoms with E-state index in [9.17, 15) is 4.79 Å². The van der Waals surface area contributed by atoms with Crippen molar-refractivity contribution in [1.29, 1.82) is 5.26 Å². The van der Waals surface area contributed by atoms with Gasteiger partial charge < -0.3 is 14.5 Å². The Kier molecular flexibility index (Phi) is 4.82. The lowest BCUT2D eigenvalue weighted by atomic mass is 10.1. The number of halogens is 1. The first-order valence-electron chi connectivity index (χ1n) is 7.20. The Morgan fingerprint density at radius 1 is 1.29 bits per heavy atom. The summed E-state index contributed by atoms with van der Waals surface area (Å²) in [6.07, 6.45) is 2.88. The number of fused-ring (bicyclic) bond motifs is 1. The van der Waals surface area contributed by atoms with Gasteiger partial charge in [0.15, 0.2) is 6.61 Å². The maximum atomic E-state index is 11.9. The van der Waals surface area contributed by atoms with Crippen LogP contribution in [0.4, 0.5) is 0 Å². The minimum Gasteiger partial charge on any atom is -0.478 e. The van der Waals surface area contributed by atoms with E-state index in [1.165, 1.54) is 12.5 Å². The van der Waals surface area contributed by atoms with Crippen LogP contribution in [-0.4, -0.2) is 12.5 Å². The van der Waals surface area contributed by atoms with E-state index in [-0.39, 0.29) is 12.5 Å². The van der Waals surface area contributed by atoms with Gasteiger partial charge in [-0.05, 0) is 50.5 Å². The molecule has 3 aromatic rings. The number of nitrogens with one attached hydrogen (secondary N) is 1. The van der Waals surface area contributed by atoms with E-state index in [4.69, 9.17) is 14.4 Å². The number of hydrogen-bond acceptors (Lipinski definition) is 4. The highest BCUT2D eigenvalue weighted by atomic mass is 79.9. The number of ether oxygens (including phenoxy) is 1. The van der Waals surface area contributed by atoms with Crippen LogP contribution in [0.3, 0.4) is 0 Å². The summed E-state index contributed by atoms with van der Waals surface area (Å²) >= 11 is 3.51. The van der Waals surface area contributed by atoms with Gasteiger partial charge in [0, 0.05) is 6.54 Å². The van der Waals surface area contributed by atoms with E-state index in [0.29, 0.717) is 17.9 Å². The van der Waals surface area contributed by atoms with Crippen molar-refractivity contribution < 1.29 is 13.9 Å². The first-order valence-corrected chi connectivity index (χ1v) is 7.99. The molecule has 1 N–H and O–H groups in total. The maximum absolute atomic E-state index is 11.9. The standard InChI is InChI=1S/C18H13BrN2O3/c19-17-15-3-1-12(10-21-18(22)14-5-7-23-11-14)9-13(15)2-4-16(17)24-8-6-20/h1-5,7,9,11H,8,10H2,(H,21,22). The summed E-state index contributed by atoms with van der Waals surface area (Å²) in [6.45, 7) is 0.423. The summed E-state index contributed by atoms with van der Waals surface area (Å²) in [5.74, 6) is 0.454. The van der Waals surface area contributed by atoms with Crippen LogP contribution in [0.25, 0.3) is 10.8 Å². The van der Waals surface area contributed by atoms with Crippen LogP contribution >= 0.6 is 15.9 Å². The molecule has 0 aliphatic heterocycles. The van der Waals surface area contributed by atoms with Crippen LogP contribution in [-0.2, 0) is 6.54 Å². The maximum Gasteiger partial charge on any atom is 0.254 e. The van der Waals surface area contributed by atoms with Crippen LogP contribution in [0.2, 0.25) is 0 Å². The quantitative estimate of drug-likeness (QED) is 0.720. The molecule has 0 radical (unpaired) electrons. The number of rotatable bonds is 5. The molecule has 0 spiro atoms. The van der Waals surface area contributed by atoms with Crippen molar-refractivity contribution >= 4 is 32.6 Å². The van der Waals surface area contributed by atoms with E-state index in [1.54, 1.807) is 6.07 Å². The first kappa shape index (κ1) is 16.1. The summed E-state index contributed by atoms with van der Waals surface area (Å²) in [4.78, 5) is 11.9. The highest BCUT2D eigenvalue weighted by Crippen LogP contribution is 2.33. The molecule has 0 aliphatic carbocycles. The van der Waals surface area contributed by atoms with Crippen LogP contribution in [0, 0.1) is 11.3 Å². The van der Waals surface area contributed by atoms with Crippen molar-refractivity contribution in [2.24, 2.45) is 0 Å². The van der Waals surface area contributed by atoms with Gasteiger partial charge in [-0.1, -0.05) is 18.2 Å². The van der Waals surface area contributed by atoms with Gasteiger partial charge in [-0.15, -0.1) is 0 Å². The van der Waals surface area contributed by atoms with Gasteiger partial charge in [0.1, 0.15) is 18.1 Å². The second-order valence-corrected chi connectivity index (χ2v) is 5.87. The molecule has 120 valence electrons. The zero-order valence-electron chi connectivity index (χ0n) is 12.6. The molecule has 0 saturated heterocycles. The van der Waals surface area contributed by atoms with Crippen LogP contribution in [0.15, 0.2) is 57.8 Å². The number of nitrogens with zero attached hydrogens (tertiary/aromatic N) is 1. The Labute approximate surface area is 147 Å². The summed E-state index contributed by atoms with van der Waals surface area (Å²) in [5, 5.41) is 13.5. The summed E-state index contributed by atoms with van der Waals surface area (Å²) < 4.78 is 11.1. The SMILES string of the molecule is N#CCOc1ccc2cc(CNC(=O)c3ccoc3)ccc2c1Br. The van der Waals surface area contributed by atoms with Crippen molar-refractivity contribution in [3.63, 3.8) is 0 Å². The van der Waals surface area contributed by atoms with E-state index < -0.39 is 0 Å². The molecule has 1 heterocycles. The number of carbonyl (C=O) groups excluding carboxylic acids is 1. The van der Waals surface area contributed by atoms with E-state index in [1.807, 2.05) is 36.4 Å². The number of hydrogen-bond donors (Lipinski definition) is 1. The third-order valence-electron chi connectivity index (χ3n) is 3.51. The topological polar surface area (TPSA) is 75.3 Å². The molecule has 6 heteroatoms. The van der Waals surface area contributed by atoms with Crippen LogP contribution < -0.4 is 10.1 Å². The van der Waals surface area contributed by atoms with E-state index in [0.717, 1.165) is 20.8 Å². The van der Waals surface area contributed by atoms with Crippen molar-refractivity contribution in [1.82, 2.24) is 5.32 Å². The molecule has 1 amide bonds. The summed E-state index contributed by atoms with van der Waals surface area (Å²) in [5.41, 5.74) is 1.48. The smallest absolute Gasteiger partial charge is 0.254 e. The molecule has 5 nitrogen and oxygen atoms in total. The highest BCUT2D eigenvalue weighted by Gasteiger charge is 2.09. The molecular formula is C18H13BrN2O3. The summed E-state index contributed by atoms with van der Waals surface area (Å²) in [6, 6.07) is 13.2. The third kappa shape index (κ3) is 3.42. The average Bonchev–Trinajstić information content (AvgIpc) is 3.14. The fourth-order valence-corrected chi connectivity index (χ4v) is 2.94. The van der Waals surface area contributed by atoms with Crippen molar-refractivity contribution in [2.45, 2.75) is 6.54 Å². The Bertz CT molecular complexity index is 914. The zero-order valence-corrected chi connectivity index (χ0v) is 14.2. The van der Waals surface area contributed by atoms with Gasteiger partial charge in [-0.25, -0.2) is 0 Å². The molecule has 0 fully saturated rings. The lowest BCUT2D eigenvalue weighted by Crippen LogP contribution is -2.22. The molecule has 0 saturated carbocycles. The number of amides is 1. The monoisotopic (exact) mass is 384 g/mol. The van der Waals surface area contributed by atoms with Gasteiger partial charge in [-0.2, -0.15) is 5.26 Å². The largest absolute Gasteiger partial charge is 0.478 e. The molecule has 24 heavy (non-hydrogen) atoms. The van der Waals surface area contributed by atoms with E-state index >= 15 is 0 Å². The Balaban J connectivity index is 1.77. The number of nitriles is 1. The van der Waals surface area contributed by atoms with Crippen molar-refractivity contribution in [3.05, 3.63) is 64.5 Å². The fraction of sp³-hybridized carbons (Fsp3) is 0.111. The second kappa shape index (κ2) is 7.20. The van der Waals surface area contributed by atoms with Crippen molar-refractivity contribution in [3.8, 4) is 11.8 Å². The molecular weight excluding hydrogens is 372 g/mol. The minimum atomic E-state index is -0.176. The molecule has 2 aromatic carbocycles. The predicted octanol–water partition coefficient (Wildman–Crippen LogP) is 4.03. The third-order valence-corrected chi connectivity index (χ3v) is 4.33. The second-order valence-electron chi connectivity index (χ2n) is 5.07. The fourth-order valence-electron chi connectivity index (χ4n) is 2.33. The van der Waals surface area contributed by atoms with Gasteiger partial charge >= 0.3 is 0 Å². The van der Waals surface area contributed by atoms with Gasteiger partial charge in [0.05, 0.1) is 16.3 Å². The Hall–Kier alpha value is -2.78. The number of furan rings is 1. The minimum absolute atomic E-state index is 0.00222. The van der Waals surface area contributed by atoms with Gasteiger partial charge in [-0.3, -0.25) is 4.79 Å². The normalized spacial score (nSPS) is 10.3. The van der Waals surface area contributed by atoms with E-state index in [2.05, 4.69) is 21.2 Å². The van der Waals surface area contributed by atoms with Gasteiger partial charge in [0.25, 0.3) is 5.91 Å². The number of benzene rings is 2. The average molecular weight is 385 g/mol. The molecule has 1 aromatic heterocycles. The number of carbonyl (C=O) groups is 1. The molecule has 0 bridgehead atoms. The first-order chi connectivity index (χ1) is 11.7. The molecule has 0 unspecified atom stereocenters. The molecule has 0 atom stereocenters. The molecule has 3 rings (SSSR count). The lowest BCUT2D eigenvalue weighted by molar-refractivity contribution is 0.0950. The van der Waals surface area contributed by atoms with Crippen molar-refractivity contribution in [2.75, 3.05) is 6.61 Å². The van der Waals surface area contributed by atoms with Crippen LogP contribution in [0.5, 0.6) is 5.75 Å². The van der Waals surface area contributed by atoms with Gasteiger partial charge in [0.2, 0.25) is 0 Å². The van der Waals surface area contributed by atoms with Crippen LogP contribution in [0.1, 0.15) is 15.9 Å². The summed E-state index contributed by atoms with van der Waals surface area (Å²) in [7, 11) is 0.